The summed E-state index contributed by atoms with van der Waals surface area (Å²) >= 11 is 0. The molecule has 1 N–H and O–H groups in total. The maximum Gasteiger partial charge on any atom is 0.0221 e. The van der Waals surface area contributed by atoms with Crippen LogP contribution in [0.3, 0.4) is 0 Å². The highest BCUT2D eigenvalue weighted by atomic mass is 15.2. The van der Waals surface area contributed by atoms with Crippen LogP contribution in [-0.4, -0.2) is 36.6 Å². The molecule has 1 saturated heterocycles. The minimum atomic E-state index is 0.713. The van der Waals surface area contributed by atoms with Crippen LogP contribution in [-0.2, 0) is 0 Å². The Morgan fingerprint density at radius 2 is 1.89 bits per heavy atom. The van der Waals surface area contributed by atoms with Crippen molar-refractivity contribution in [2.75, 3.05) is 19.6 Å². The summed E-state index contributed by atoms with van der Waals surface area (Å²) in [4.78, 5) is 2.76. The Labute approximate surface area is 115 Å². The van der Waals surface area contributed by atoms with Gasteiger partial charge in [0.25, 0.3) is 0 Å². The normalized spacial score (nSPS) is 26.2. The Morgan fingerprint density at radius 1 is 1.17 bits per heavy atom. The van der Waals surface area contributed by atoms with E-state index in [1.807, 2.05) is 0 Å². The second-order valence-electron chi connectivity index (χ2n) is 6.85. The van der Waals surface area contributed by atoms with Gasteiger partial charge >= 0.3 is 0 Å². The van der Waals surface area contributed by atoms with Crippen LogP contribution in [0.1, 0.15) is 60.3 Å². The molecule has 18 heavy (non-hydrogen) atoms. The van der Waals surface area contributed by atoms with Gasteiger partial charge in [0.15, 0.2) is 0 Å². The van der Waals surface area contributed by atoms with Crippen molar-refractivity contribution in [2.45, 2.75) is 72.4 Å². The summed E-state index contributed by atoms with van der Waals surface area (Å²) in [6.45, 7) is 15.4. The maximum absolute atomic E-state index is 3.76. The molecule has 0 radical (unpaired) electrons. The summed E-state index contributed by atoms with van der Waals surface area (Å²) in [5.41, 5.74) is 0. The molecule has 0 aromatic heterocycles. The smallest absolute Gasteiger partial charge is 0.0221 e. The summed E-state index contributed by atoms with van der Waals surface area (Å²) in [7, 11) is 0. The lowest BCUT2D eigenvalue weighted by molar-refractivity contribution is 0.109. The third-order valence-corrected chi connectivity index (χ3v) is 3.98. The van der Waals surface area contributed by atoms with Crippen LogP contribution in [0.4, 0.5) is 0 Å². The van der Waals surface area contributed by atoms with E-state index in [2.05, 4.69) is 44.8 Å². The van der Waals surface area contributed by atoms with Crippen molar-refractivity contribution < 1.29 is 0 Å². The number of nitrogens with one attached hydrogen (secondary N) is 1. The first-order valence-corrected chi connectivity index (χ1v) is 8.00. The van der Waals surface area contributed by atoms with Crippen LogP contribution in [0.25, 0.3) is 0 Å². The third kappa shape index (κ3) is 5.71. The van der Waals surface area contributed by atoms with Crippen molar-refractivity contribution in [3.8, 4) is 0 Å². The fraction of sp³-hybridized carbons (Fsp3) is 1.00. The molecule has 0 aromatic carbocycles. The molecule has 0 aliphatic carbocycles. The van der Waals surface area contributed by atoms with E-state index in [9.17, 15) is 0 Å². The van der Waals surface area contributed by atoms with Gasteiger partial charge in [0, 0.05) is 25.2 Å². The predicted molar refractivity (Wildman–Crippen MR) is 81.0 cm³/mol. The standard InChI is InChI=1S/C16H34N2/c1-6-7-16-11-17-15(10-14(4)5)12-18(16)9-8-13(2)3/h13-17H,6-12H2,1-5H3. The Bertz CT molecular complexity index is 213. The molecule has 2 heteroatoms. The summed E-state index contributed by atoms with van der Waals surface area (Å²) in [5, 5.41) is 3.76. The van der Waals surface area contributed by atoms with Gasteiger partial charge in [-0.05, 0) is 37.6 Å². The van der Waals surface area contributed by atoms with Gasteiger partial charge in [0.2, 0.25) is 0 Å². The molecule has 1 heterocycles. The second-order valence-corrected chi connectivity index (χ2v) is 6.85. The number of hydrogen-bond donors (Lipinski definition) is 1. The third-order valence-electron chi connectivity index (χ3n) is 3.98. The SMILES string of the molecule is CCCC1CNC(CC(C)C)CN1CCC(C)C. The molecule has 2 nitrogen and oxygen atoms in total. The molecule has 108 valence electrons. The monoisotopic (exact) mass is 254 g/mol. The second kappa shape index (κ2) is 8.16. The first kappa shape index (κ1) is 16.0. The van der Waals surface area contributed by atoms with Crippen molar-refractivity contribution >= 4 is 0 Å². The van der Waals surface area contributed by atoms with Crippen molar-refractivity contribution in [3.63, 3.8) is 0 Å². The lowest BCUT2D eigenvalue weighted by Gasteiger charge is -2.41. The van der Waals surface area contributed by atoms with Crippen molar-refractivity contribution in [2.24, 2.45) is 11.8 Å². The van der Waals surface area contributed by atoms with E-state index in [0.717, 1.165) is 17.9 Å². The molecular weight excluding hydrogens is 220 g/mol. The highest BCUT2D eigenvalue weighted by molar-refractivity contribution is 4.86. The molecule has 1 rings (SSSR count). The van der Waals surface area contributed by atoms with E-state index in [-0.39, 0.29) is 0 Å². The van der Waals surface area contributed by atoms with Gasteiger partial charge in [0.1, 0.15) is 0 Å². The quantitative estimate of drug-likeness (QED) is 0.748. The molecule has 0 amide bonds. The van der Waals surface area contributed by atoms with E-state index >= 15 is 0 Å². The minimum Gasteiger partial charge on any atom is -0.311 e. The largest absolute Gasteiger partial charge is 0.311 e. The molecular formula is C16H34N2. The zero-order valence-electron chi connectivity index (χ0n) is 13.2. The van der Waals surface area contributed by atoms with E-state index in [1.54, 1.807) is 0 Å². The summed E-state index contributed by atoms with van der Waals surface area (Å²) in [5.74, 6) is 1.63. The van der Waals surface area contributed by atoms with Crippen LogP contribution in [0.2, 0.25) is 0 Å². The van der Waals surface area contributed by atoms with E-state index in [1.165, 1.54) is 45.3 Å². The zero-order chi connectivity index (χ0) is 13.5. The Balaban J connectivity index is 2.47. The topological polar surface area (TPSA) is 15.3 Å². The van der Waals surface area contributed by atoms with Crippen LogP contribution in [0, 0.1) is 11.8 Å². The molecule has 0 aromatic rings. The molecule has 1 aliphatic heterocycles. The highest BCUT2D eigenvalue weighted by Gasteiger charge is 2.27. The van der Waals surface area contributed by atoms with E-state index in [4.69, 9.17) is 0 Å². The van der Waals surface area contributed by atoms with Gasteiger partial charge in [0.05, 0.1) is 0 Å². The molecule has 0 bridgehead atoms. The average molecular weight is 254 g/mol. The molecule has 1 aliphatic rings. The molecule has 2 atom stereocenters. The molecule has 0 spiro atoms. The Kier molecular flexibility index (Phi) is 7.25. The first-order valence-electron chi connectivity index (χ1n) is 8.00. The summed E-state index contributed by atoms with van der Waals surface area (Å²) in [6, 6.07) is 1.49. The van der Waals surface area contributed by atoms with Gasteiger partial charge < -0.3 is 5.32 Å². The van der Waals surface area contributed by atoms with Gasteiger partial charge in [-0.2, -0.15) is 0 Å². The minimum absolute atomic E-state index is 0.713. The van der Waals surface area contributed by atoms with Gasteiger partial charge in [-0.1, -0.05) is 41.0 Å². The Morgan fingerprint density at radius 3 is 2.44 bits per heavy atom. The van der Waals surface area contributed by atoms with Crippen LogP contribution in [0.5, 0.6) is 0 Å². The van der Waals surface area contributed by atoms with E-state index < -0.39 is 0 Å². The first-order chi connectivity index (χ1) is 8.52. The van der Waals surface area contributed by atoms with Crippen molar-refractivity contribution in [1.82, 2.24) is 10.2 Å². The number of nitrogens with zero attached hydrogens (tertiary/aromatic N) is 1. The summed E-state index contributed by atoms with van der Waals surface area (Å²) in [6.07, 6.45) is 5.31. The van der Waals surface area contributed by atoms with Gasteiger partial charge in [-0.25, -0.2) is 0 Å². The van der Waals surface area contributed by atoms with Crippen molar-refractivity contribution in [1.29, 1.82) is 0 Å². The van der Waals surface area contributed by atoms with Gasteiger partial charge in [-0.3, -0.25) is 4.90 Å². The van der Waals surface area contributed by atoms with Crippen molar-refractivity contribution in [3.05, 3.63) is 0 Å². The van der Waals surface area contributed by atoms with Crippen LogP contribution < -0.4 is 5.32 Å². The lowest BCUT2D eigenvalue weighted by Crippen LogP contribution is -2.56. The molecule has 0 saturated carbocycles. The predicted octanol–water partition coefficient (Wildman–Crippen LogP) is 3.52. The number of rotatable bonds is 7. The highest BCUT2D eigenvalue weighted by Crippen LogP contribution is 2.17. The van der Waals surface area contributed by atoms with E-state index in [0.29, 0.717) is 6.04 Å². The average Bonchev–Trinajstić information content (AvgIpc) is 2.28. The fourth-order valence-corrected chi connectivity index (χ4v) is 2.97. The Hall–Kier alpha value is -0.0800. The zero-order valence-corrected chi connectivity index (χ0v) is 13.2. The molecule has 1 fully saturated rings. The fourth-order valence-electron chi connectivity index (χ4n) is 2.97. The molecule has 2 unspecified atom stereocenters. The van der Waals surface area contributed by atoms with Crippen LogP contribution in [0.15, 0.2) is 0 Å². The maximum atomic E-state index is 3.76. The number of hydrogen-bond acceptors (Lipinski definition) is 2. The lowest BCUT2D eigenvalue weighted by atomic mass is 9.97. The van der Waals surface area contributed by atoms with Crippen LogP contribution >= 0.6 is 0 Å². The number of piperazine rings is 1. The summed E-state index contributed by atoms with van der Waals surface area (Å²) < 4.78 is 0. The van der Waals surface area contributed by atoms with Gasteiger partial charge in [-0.15, -0.1) is 0 Å².